The second-order valence-electron chi connectivity index (χ2n) is 8.05. The smallest absolute Gasteiger partial charge is 0.0144 e. The minimum atomic E-state index is 0.228. The molecular formula is C16H33N3. The number of nitrogens with one attached hydrogen (secondary N) is 2. The normalized spacial score (nSPS) is 35.2. The molecule has 1 heterocycles. The van der Waals surface area contributed by atoms with Gasteiger partial charge in [-0.25, -0.2) is 0 Å². The maximum absolute atomic E-state index is 5.95. The van der Waals surface area contributed by atoms with Crippen LogP contribution in [-0.2, 0) is 0 Å². The van der Waals surface area contributed by atoms with Crippen molar-refractivity contribution in [1.29, 1.82) is 0 Å². The monoisotopic (exact) mass is 267 g/mol. The van der Waals surface area contributed by atoms with Crippen LogP contribution in [0.3, 0.4) is 0 Å². The molecule has 2 rings (SSSR count). The summed E-state index contributed by atoms with van der Waals surface area (Å²) < 4.78 is 0. The van der Waals surface area contributed by atoms with Crippen LogP contribution in [0.1, 0.15) is 66.2 Å². The average Bonchev–Trinajstić information content (AvgIpc) is 2.25. The number of rotatable bonds is 3. The van der Waals surface area contributed by atoms with E-state index in [0.717, 1.165) is 6.54 Å². The Morgan fingerprint density at radius 1 is 1.05 bits per heavy atom. The van der Waals surface area contributed by atoms with Gasteiger partial charge in [-0.15, -0.1) is 0 Å². The topological polar surface area (TPSA) is 50.1 Å². The molecule has 4 N–H and O–H groups in total. The van der Waals surface area contributed by atoms with Gasteiger partial charge in [-0.2, -0.15) is 0 Å². The Bertz CT molecular complexity index is 282. The van der Waals surface area contributed by atoms with Gasteiger partial charge in [0.2, 0.25) is 0 Å². The average molecular weight is 267 g/mol. The molecule has 112 valence electrons. The van der Waals surface area contributed by atoms with Gasteiger partial charge in [0, 0.05) is 23.2 Å². The fourth-order valence-corrected chi connectivity index (χ4v) is 4.45. The fourth-order valence-electron chi connectivity index (χ4n) is 4.45. The lowest BCUT2D eigenvalue weighted by Crippen LogP contribution is -2.63. The van der Waals surface area contributed by atoms with Crippen LogP contribution in [0.25, 0.3) is 0 Å². The van der Waals surface area contributed by atoms with E-state index in [1.54, 1.807) is 0 Å². The zero-order valence-corrected chi connectivity index (χ0v) is 13.3. The number of hydrogen-bond acceptors (Lipinski definition) is 3. The summed E-state index contributed by atoms with van der Waals surface area (Å²) in [5, 5.41) is 7.71. The third-order valence-corrected chi connectivity index (χ3v) is 4.85. The summed E-state index contributed by atoms with van der Waals surface area (Å²) in [7, 11) is 0. The van der Waals surface area contributed by atoms with Gasteiger partial charge in [-0.05, 0) is 65.8 Å². The Labute approximate surface area is 119 Å². The molecule has 0 bridgehead atoms. The van der Waals surface area contributed by atoms with E-state index in [1.807, 2.05) is 0 Å². The molecular weight excluding hydrogens is 234 g/mol. The molecule has 0 aromatic carbocycles. The third kappa shape index (κ3) is 4.17. The van der Waals surface area contributed by atoms with Crippen LogP contribution < -0.4 is 16.4 Å². The maximum Gasteiger partial charge on any atom is 0.0144 e. The van der Waals surface area contributed by atoms with Crippen LogP contribution in [-0.4, -0.2) is 29.7 Å². The van der Waals surface area contributed by atoms with Gasteiger partial charge in [0.15, 0.2) is 0 Å². The van der Waals surface area contributed by atoms with Gasteiger partial charge in [0.1, 0.15) is 0 Å². The molecule has 2 aliphatic rings. The van der Waals surface area contributed by atoms with E-state index in [4.69, 9.17) is 5.73 Å². The fraction of sp³-hybridized carbons (Fsp3) is 1.00. The molecule has 1 saturated heterocycles. The maximum atomic E-state index is 5.95. The van der Waals surface area contributed by atoms with Crippen molar-refractivity contribution < 1.29 is 0 Å². The zero-order valence-electron chi connectivity index (χ0n) is 13.3. The predicted octanol–water partition coefficient (Wildman–Crippen LogP) is 2.40. The minimum Gasteiger partial charge on any atom is -0.330 e. The van der Waals surface area contributed by atoms with Crippen LogP contribution in [0.15, 0.2) is 0 Å². The highest BCUT2D eigenvalue weighted by atomic mass is 15.1. The largest absolute Gasteiger partial charge is 0.330 e. The molecule has 1 saturated carbocycles. The lowest BCUT2D eigenvalue weighted by molar-refractivity contribution is 0.125. The van der Waals surface area contributed by atoms with Crippen LogP contribution in [0.2, 0.25) is 0 Å². The number of hydrogen-bond donors (Lipinski definition) is 3. The molecule has 19 heavy (non-hydrogen) atoms. The van der Waals surface area contributed by atoms with E-state index in [2.05, 4.69) is 38.3 Å². The van der Waals surface area contributed by atoms with Crippen LogP contribution in [0, 0.1) is 5.92 Å². The molecule has 0 aromatic rings. The molecule has 2 unspecified atom stereocenters. The van der Waals surface area contributed by atoms with Crippen molar-refractivity contribution in [1.82, 2.24) is 10.6 Å². The molecule has 0 amide bonds. The lowest BCUT2D eigenvalue weighted by atomic mass is 9.78. The van der Waals surface area contributed by atoms with Crippen LogP contribution >= 0.6 is 0 Å². The van der Waals surface area contributed by atoms with Crippen molar-refractivity contribution in [2.75, 3.05) is 6.54 Å². The van der Waals surface area contributed by atoms with E-state index < -0.39 is 0 Å². The van der Waals surface area contributed by atoms with E-state index in [-0.39, 0.29) is 11.1 Å². The second kappa shape index (κ2) is 5.71. The van der Waals surface area contributed by atoms with Crippen LogP contribution in [0.5, 0.6) is 0 Å². The molecule has 3 nitrogen and oxygen atoms in total. The Morgan fingerprint density at radius 2 is 1.63 bits per heavy atom. The Hall–Kier alpha value is -0.120. The van der Waals surface area contributed by atoms with E-state index in [1.165, 1.54) is 38.5 Å². The van der Waals surface area contributed by atoms with Crippen molar-refractivity contribution in [2.24, 2.45) is 11.7 Å². The van der Waals surface area contributed by atoms with E-state index in [9.17, 15) is 0 Å². The lowest BCUT2D eigenvalue weighted by Gasteiger charge is -2.48. The molecule has 0 spiro atoms. The van der Waals surface area contributed by atoms with Crippen molar-refractivity contribution in [3.63, 3.8) is 0 Å². The molecule has 1 aliphatic carbocycles. The molecule has 3 heteroatoms. The van der Waals surface area contributed by atoms with Crippen molar-refractivity contribution >= 4 is 0 Å². The highest BCUT2D eigenvalue weighted by molar-refractivity contribution is 5.00. The van der Waals surface area contributed by atoms with Gasteiger partial charge >= 0.3 is 0 Å². The van der Waals surface area contributed by atoms with Gasteiger partial charge < -0.3 is 16.4 Å². The first-order valence-corrected chi connectivity index (χ1v) is 8.07. The Balaban J connectivity index is 1.97. The molecule has 2 atom stereocenters. The van der Waals surface area contributed by atoms with Crippen molar-refractivity contribution in [3.05, 3.63) is 0 Å². The van der Waals surface area contributed by atoms with Gasteiger partial charge in [-0.1, -0.05) is 12.8 Å². The zero-order chi connectivity index (χ0) is 14.1. The van der Waals surface area contributed by atoms with E-state index >= 15 is 0 Å². The first-order valence-electron chi connectivity index (χ1n) is 8.07. The Kier molecular flexibility index (Phi) is 4.59. The summed E-state index contributed by atoms with van der Waals surface area (Å²) in [5.41, 5.74) is 6.41. The standard InChI is InChI=1S/C16H33N3/c1-15(2)9-13(10-16(3,4)19-15)18-14-8-6-5-7-12(14)11-17/h12-14,18-19H,5-11,17H2,1-4H3. The van der Waals surface area contributed by atoms with Crippen molar-refractivity contribution in [2.45, 2.75) is 89.4 Å². The van der Waals surface area contributed by atoms with Gasteiger partial charge in [-0.3, -0.25) is 0 Å². The predicted molar refractivity (Wildman–Crippen MR) is 82.3 cm³/mol. The van der Waals surface area contributed by atoms with Crippen molar-refractivity contribution in [3.8, 4) is 0 Å². The SMILES string of the molecule is CC1(C)CC(NC2CCCCC2CN)CC(C)(C)N1. The van der Waals surface area contributed by atoms with Gasteiger partial charge in [0.25, 0.3) is 0 Å². The summed E-state index contributed by atoms with van der Waals surface area (Å²) >= 11 is 0. The van der Waals surface area contributed by atoms with Crippen LogP contribution in [0.4, 0.5) is 0 Å². The summed E-state index contributed by atoms with van der Waals surface area (Å²) in [6.45, 7) is 10.1. The third-order valence-electron chi connectivity index (χ3n) is 4.85. The minimum absolute atomic E-state index is 0.228. The summed E-state index contributed by atoms with van der Waals surface area (Å²) in [6, 6.07) is 1.27. The second-order valence-corrected chi connectivity index (χ2v) is 8.05. The van der Waals surface area contributed by atoms with E-state index in [0.29, 0.717) is 18.0 Å². The quantitative estimate of drug-likeness (QED) is 0.736. The number of piperidine rings is 1. The molecule has 0 radical (unpaired) electrons. The summed E-state index contributed by atoms with van der Waals surface area (Å²) in [4.78, 5) is 0. The first-order chi connectivity index (χ1) is 8.81. The summed E-state index contributed by atoms with van der Waals surface area (Å²) in [6.07, 6.45) is 7.78. The number of nitrogens with two attached hydrogens (primary N) is 1. The molecule has 0 aromatic heterocycles. The summed E-state index contributed by atoms with van der Waals surface area (Å²) in [5.74, 6) is 0.690. The highest BCUT2D eigenvalue weighted by Gasteiger charge is 2.39. The highest BCUT2D eigenvalue weighted by Crippen LogP contribution is 2.31. The first kappa shape index (κ1) is 15.3. The molecule has 1 aliphatic heterocycles. The Morgan fingerprint density at radius 3 is 2.21 bits per heavy atom. The van der Waals surface area contributed by atoms with Gasteiger partial charge in [0.05, 0.1) is 0 Å². The molecule has 2 fully saturated rings.